The molecular weight excluding hydrogens is 336 g/mol. The molecule has 0 unspecified atom stereocenters. The fraction of sp³-hybridized carbons (Fsp3) is 0.632. The Labute approximate surface area is 154 Å². The Morgan fingerprint density at radius 3 is 2.42 bits per heavy atom. The third kappa shape index (κ3) is 4.10. The third-order valence-corrected chi connectivity index (χ3v) is 5.55. The van der Waals surface area contributed by atoms with Crippen molar-refractivity contribution in [3.05, 3.63) is 29.6 Å². The highest BCUT2D eigenvalue weighted by Gasteiger charge is 2.52. The summed E-state index contributed by atoms with van der Waals surface area (Å²) in [5.74, 6) is -0.454. The number of nitrogens with one attached hydrogen (secondary N) is 1. The van der Waals surface area contributed by atoms with E-state index >= 15 is 0 Å². The van der Waals surface area contributed by atoms with Crippen molar-refractivity contribution in [1.29, 1.82) is 0 Å². The average Bonchev–Trinajstić information content (AvgIpc) is 2.78. The van der Waals surface area contributed by atoms with E-state index in [1.807, 2.05) is 27.7 Å². The molecule has 2 heterocycles. The molecule has 3 rings (SSSR count). The molecule has 0 aliphatic carbocycles. The summed E-state index contributed by atoms with van der Waals surface area (Å²) in [6, 6.07) is 4.54. The quantitative estimate of drug-likeness (QED) is 0.831. The van der Waals surface area contributed by atoms with E-state index in [0.29, 0.717) is 18.7 Å². The van der Waals surface area contributed by atoms with Crippen molar-refractivity contribution in [2.75, 3.05) is 13.2 Å². The smallest absolute Gasteiger partial charge is 0.399 e. The minimum Gasteiger partial charge on any atom is -0.399 e. The van der Waals surface area contributed by atoms with Crippen LogP contribution in [0.2, 0.25) is 0 Å². The van der Waals surface area contributed by atoms with E-state index in [2.05, 4.69) is 5.32 Å². The molecule has 0 spiro atoms. The van der Waals surface area contributed by atoms with Gasteiger partial charge >= 0.3 is 7.12 Å². The van der Waals surface area contributed by atoms with Gasteiger partial charge in [0.1, 0.15) is 5.82 Å². The topological polar surface area (TPSA) is 56.8 Å². The Balaban J connectivity index is 1.75. The lowest BCUT2D eigenvalue weighted by Crippen LogP contribution is -2.42. The molecule has 142 valence electrons. The normalized spacial score (nSPS) is 22.4. The molecule has 2 aliphatic rings. The fourth-order valence-electron chi connectivity index (χ4n) is 3.21. The molecule has 1 aromatic rings. The monoisotopic (exact) mass is 363 g/mol. The van der Waals surface area contributed by atoms with Crippen LogP contribution >= 0.6 is 0 Å². The van der Waals surface area contributed by atoms with Crippen LogP contribution in [0, 0.1) is 5.82 Å². The van der Waals surface area contributed by atoms with Crippen LogP contribution in [0.5, 0.6) is 0 Å². The van der Waals surface area contributed by atoms with E-state index in [1.54, 1.807) is 6.07 Å². The Kier molecular flexibility index (Phi) is 5.42. The molecule has 7 heteroatoms. The van der Waals surface area contributed by atoms with Gasteiger partial charge in [-0.3, -0.25) is 4.79 Å². The predicted molar refractivity (Wildman–Crippen MR) is 97.8 cm³/mol. The van der Waals surface area contributed by atoms with Crippen molar-refractivity contribution >= 4 is 18.5 Å². The van der Waals surface area contributed by atoms with E-state index < -0.39 is 18.3 Å². The zero-order valence-electron chi connectivity index (χ0n) is 15.9. The lowest BCUT2D eigenvalue weighted by molar-refractivity contribution is -0.121. The van der Waals surface area contributed by atoms with Crippen LogP contribution in [-0.4, -0.2) is 43.5 Å². The van der Waals surface area contributed by atoms with Crippen LogP contribution in [0.25, 0.3) is 0 Å². The number of amides is 1. The molecule has 2 saturated heterocycles. The van der Waals surface area contributed by atoms with Gasteiger partial charge in [0, 0.05) is 19.3 Å². The molecule has 2 fully saturated rings. The molecule has 0 atom stereocenters. The van der Waals surface area contributed by atoms with Crippen molar-refractivity contribution in [2.24, 2.45) is 0 Å². The van der Waals surface area contributed by atoms with Crippen molar-refractivity contribution in [2.45, 2.75) is 64.2 Å². The van der Waals surface area contributed by atoms with Crippen LogP contribution in [0.1, 0.15) is 46.1 Å². The first kappa shape index (κ1) is 19.3. The van der Waals surface area contributed by atoms with Crippen LogP contribution in [-0.2, 0) is 25.3 Å². The number of carbonyl (C=O) groups is 1. The van der Waals surface area contributed by atoms with Crippen LogP contribution in [0.4, 0.5) is 4.39 Å². The van der Waals surface area contributed by atoms with E-state index in [9.17, 15) is 9.18 Å². The summed E-state index contributed by atoms with van der Waals surface area (Å²) in [4.78, 5) is 12.5. The summed E-state index contributed by atoms with van der Waals surface area (Å²) in [6.07, 6.45) is 1.80. The number of carbonyl (C=O) groups excluding carboxylic acids is 1. The molecule has 0 radical (unpaired) electrons. The zero-order valence-corrected chi connectivity index (χ0v) is 15.9. The number of benzene rings is 1. The highest BCUT2D eigenvalue weighted by Crippen LogP contribution is 2.36. The fourth-order valence-corrected chi connectivity index (χ4v) is 3.21. The number of hydrogen-bond acceptors (Lipinski definition) is 4. The number of rotatable bonds is 4. The van der Waals surface area contributed by atoms with Gasteiger partial charge in [0.2, 0.25) is 5.91 Å². The van der Waals surface area contributed by atoms with Gasteiger partial charge < -0.3 is 19.4 Å². The minimum atomic E-state index is -0.693. The second-order valence-electron chi connectivity index (χ2n) is 8.06. The Bertz CT molecular complexity index is 658. The number of ether oxygens (including phenoxy) is 1. The lowest BCUT2D eigenvalue weighted by Gasteiger charge is -2.32. The van der Waals surface area contributed by atoms with Gasteiger partial charge in [0.05, 0.1) is 17.6 Å². The minimum absolute atomic E-state index is 0.0822. The first-order valence-corrected chi connectivity index (χ1v) is 9.19. The second kappa shape index (κ2) is 7.29. The lowest BCUT2D eigenvalue weighted by atomic mass is 9.75. The summed E-state index contributed by atoms with van der Waals surface area (Å²) in [5, 5.41) is 3.04. The Morgan fingerprint density at radius 2 is 1.81 bits per heavy atom. The highest BCUT2D eigenvalue weighted by atomic mass is 19.1. The van der Waals surface area contributed by atoms with Gasteiger partial charge in [-0.25, -0.2) is 4.39 Å². The summed E-state index contributed by atoms with van der Waals surface area (Å²) in [7, 11) is -0.693. The van der Waals surface area contributed by atoms with Crippen LogP contribution in [0.3, 0.4) is 0 Å². The molecule has 1 amide bonds. The van der Waals surface area contributed by atoms with Crippen molar-refractivity contribution in [1.82, 2.24) is 5.32 Å². The summed E-state index contributed by atoms with van der Waals surface area (Å²) in [5.41, 5.74) is 0.247. The molecular formula is C19H27BFNO4. The zero-order chi connectivity index (χ0) is 18.9. The largest absolute Gasteiger partial charge is 0.495 e. The van der Waals surface area contributed by atoms with E-state index in [4.69, 9.17) is 14.0 Å². The van der Waals surface area contributed by atoms with Gasteiger partial charge in [-0.1, -0.05) is 6.07 Å². The summed E-state index contributed by atoms with van der Waals surface area (Å²) in [6.45, 7) is 9.13. The highest BCUT2D eigenvalue weighted by molar-refractivity contribution is 6.62. The average molecular weight is 363 g/mol. The molecule has 0 bridgehead atoms. The molecule has 2 aliphatic heterocycles. The SMILES string of the molecule is CC1(C)OB(c2cc(F)ccc2CC(=O)NC2CCOCC2)OC1(C)C. The first-order valence-electron chi connectivity index (χ1n) is 9.19. The number of hydrogen-bond donors (Lipinski definition) is 1. The van der Waals surface area contributed by atoms with Crippen LogP contribution < -0.4 is 10.8 Å². The Hall–Kier alpha value is -1.44. The molecule has 1 aromatic carbocycles. The molecule has 0 aromatic heterocycles. The van der Waals surface area contributed by atoms with Crippen molar-refractivity contribution in [3.63, 3.8) is 0 Å². The molecule has 26 heavy (non-hydrogen) atoms. The van der Waals surface area contributed by atoms with Gasteiger partial charge in [0.15, 0.2) is 0 Å². The van der Waals surface area contributed by atoms with Gasteiger partial charge in [-0.2, -0.15) is 0 Å². The third-order valence-electron chi connectivity index (χ3n) is 5.55. The number of halogens is 1. The molecule has 0 saturated carbocycles. The first-order chi connectivity index (χ1) is 12.2. The summed E-state index contributed by atoms with van der Waals surface area (Å²) < 4.78 is 31.3. The standard InChI is InChI=1S/C19H27BFNO4/c1-18(2)19(3,4)26-20(25-18)16-12-14(21)6-5-13(16)11-17(23)22-15-7-9-24-10-8-15/h5-6,12,15H,7-11H2,1-4H3,(H,22,23). The maximum atomic E-state index is 13.9. The maximum absolute atomic E-state index is 13.9. The van der Waals surface area contributed by atoms with E-state index in [-0.39, 0.29) is 24.2 Å². The Morgan fingerprint density at radius 1 is 1.19 bits per heavy atom. The summed E-state index contributed by atoms with van der Waals surface area (Å²) >= 11 is 0. The van der Waals surface area contributed by atoms with Gasteiger partial charge in [0.25, 0.3) is 0 Å². The predicted octanol–water partition coefficient (Wildman–Crippen LogP) is 1.96. The maximum Gasteiger partial charge on any atom is 0.495 e. The molecule has 1 N–H and O–H groups in total. The van der Waals surface area contributed by atoms with Crippen LogP contribution in [0.15, 0.2) is 18.2 Å². The second-order valence-corrected chi connectivity index (χ2v) is 8.06. The molecule has 5 nitrogen and oxygen atoms in total. The van der Waals surface area contributed by atoms with E-state index in [1.165, 1.54) is 12.1 Å². The van der Waals surface area contributed by atoms with Crippen molar-refractivity contribution in [3.8, 4) is 0 Å². The van der Waals surface area contributed by atoms with Gasteiger partial charge in [-0.05, 0) is 63.7 Å². The van der Waals surface area contributed by atoms with Crippen molar-refractivity contribution < 1.29 is 23.2 Å². The van der Waals surface area contributed by atoms with Gasteiger partial charge in [-0.15, -0.1) is 0 Å². The van der Waals surface area contributed by atoms with E-state index in [0.717, 1.165) is 18.4 Å².